The number of amides is 1. The van der Waals surface area contributed by atoms with Gasteiger partial charge in [-0.15, -0.1) is 0 Å². The molecule has 0 N–H and O–H groups in total. The first-order valence-corrected chi connectivity index (χ1v) is 9.56. The molecule has 1 spiro atoms. The molecule has 0 aliphatic carbocycles. The van der Waals surface area contributed by atoms with Crippen LogP contribution in [0.5, 0.6) is 0 Å². The molecule has 0 atom stereocenters. The van der Waals surface area contributed by atoms with Crippen molar-refractivity contribution in [3.63, 3.8) is 0 Å². The summed E-state index contributed by atoms with van der Waals surface area (Å²) >= 11 is 0. The van der Waals surface area contributed by atoms with E-state index in [0.717, 1.165) is 45.6 Å². The van der Waals surface area contributed by atoms with Gasteiger partial charge in [0.05, 0.1) is 18.8 Å². The van der Waals surface area contributed by atoms with E-state index in [9.17, 15) is 4.79 Å². The molecule has 4 rings (SSSR count). The Kier molecular flexibility index (Phi) is 5.06. The van der Waals surface area contributed by atoms with Gasteiger partial charge >= 0.3 is 0 Å². The van der Waals surface area contributed by atoms with Crippen LogP contribution in [0.1, 0.15) is 30.1 Å². The molecule has 0 aromatic carbocycles. The molecule has 3 saturated heterocycles. The minimum Gasteiger partial charge on any atom is -0.347 e. The van der Waals surface area contributed by atoms with E-state index >= 15 is 0 Å². The highest BCUT2D eigenvalue weighted by molar-refractivity contribution is 5.93. The summed E-state index contributed by atoms with van der Waals surface area (Å²) in [5, 5.41) is 0. The average Bonchev–Trinajstić information content (AvgIpc) is 3.16. The van der Waals surface area contributed by atoms with Crippen molar-refractivity contribution in [1.29, 1.82) is 0 Å². The van der Waals surface area contributed by atoms with Crippen LogP contribution in [0.4, 0.5) is 5.95 Å². The van der Waals surface area contributed by atoms with Gasteiger partial charge in [0, 0.05) is 64.5 Å². The molecule has 0 unspecified atom stereocenters. The molecule has 8 heteroatoms. The highest BCUT2D eigenvalue weighted by Crippen LogP contribution is 2.31. The lowest BCUT2D eigenvalue weighted by molar-refractivity contribution is -0.181. The summed E-state index contributed by atoms with van der Waals surface area (Å²) in [5.41, 5.74) is 0.546. The van der Waals surface area contributed by atoms with Crippen molar-refractivity contribution in [3.05, 3.63) is 18.0 Å². The number of anilines is 1. The molecule has 1 amide bonds. The van der Waals surface area contributed by atoms with Crippen molar-refractivity contribution in [3.8, 4) is 0 Å². The van der Waals surface area contributed by atoms with Gasteiger partial charge in [-0.2, -0.15) is 0 Å². The number of nitrogens with zero attached hydrogens (tertiary/aromatic N) is 5. The standard InChI is InChI=1S/C18H27N5O3/c1-2-21-7-9-23(10-8-21)17-19-13-15(14-20-17)16(24)22-5-3-18(4-6-22)25-11-12-26-18/h13-14H,2-12H2,1H3. The molecule has 1 aromatic rings. The van der Waals surface area contributed by atoms with Crippen LogP contribution in [0.25, 0.3) is 0 Å². The minimum atomic E-state index is -0.461. The van der Waals surface area contributed by atoms with E-state index in [0.29, 0.717) is 37.8 Å². The van der Waals surface area contributed by atoms with Gasteiger partial charge in [0.25, 0.3) is 5.91 Å². The predicted octanol–water partition coefficient (Wildman–Crippen LogP) is 0.598. The number of piperidine rings is 1. The predicted molar refractivity (Wildman–Crippen MR) is 96.1 cm³/mol. The van der Waals surface area contributed by atoms with Crippen LogP contribution in [-0.2, 0) is 9.47 Å². The van der Waals surface area contributed by atoms with Crippen LogP contribution < -0.4 is 4.90 Å². The first kappa shape index (κ1) is 17.6. The van der Waals surface area contributed by atoms with Crippen LogP contribution in [0.3, 0.4) is 0 Å². The van der Waals surface area contributed by atoms with E-state index in [2.05, 4.69) is 26.7 Å². The zero-order valence-corrected chi connectivity index (χ0v) is 15.4. The summed E-state index contributed by atoms with van der Waals surface area (Å²) < 4.78 is 11.4. The van der Waals surface area contributed by atoms with E-state index in [1.807, 2.05) is 4.90 Å². The molecule has 142 valence electrons. The molecule has 3 fully saturated rings. The molecular weight excluding hydrogens is 334 g/mol. The monoisotopic (exact) mass is 361 g/mol. The number of aromatic nitrogens is 2. The summed E-state index contributed by atoms with van der Waals surface area (Å²) in [7, 11) is 0. The molecule has 0 radical (unpaired) electrons. The molecule has 1 aromatic heterocycles. The molecule has 8 nitrogen and oxygen atoms in total. The molecule has 0 bridgehead atoms. The molecule has 4 heterocycles. The zero-order valence-electron chi connectivity index (χ0n) is 15.4. The fourth-order valence-corrected chi connectivity index (χ4v) is 3.88. The Bertz CT molecular complexity index is 614. The van der Waals surface area contributed by atoms with Crippen molar-refractivity contribution >= 4 is 11.9 Å². The normalized spacial score (nSPS) is 23.6. The van der Waals surface area contributed by atoms with Gasteiger partial charge in [-0.05, 0) is 6.54 Å². The van der Waals surface area contributed by atoms with Gasteiger partial charge in [0.2, 0.25) is 5.95 Å². The van der Waals surface area contributed by atoms with Crippen molar-refractivity contribution < 1.29 is 14.3 Å². The Morgan fingerprint density at radius 1 is 1.04 bits per heavy atom. The van der Waals surface area contributed by atoms with E-state index in [1.54, 1.807) is 12.4 Å². The number of ether oxygens (including phenoxy) is 2. The van der Waals surface area contributed by atoms with Crippen molar-refractivity contribution in [2.45, 2.75) is 25.6 Å². The highest BCUT2D eigenvalue weighted by Gasteiger charge is 2.40. The number of likely N-dealkylation sites (tertiary alicyclic amines) is 1. The minimum absolute atomic E-state index is 0.0137. The second-order valence-corrected chi connectivity index (χ2v) is 7.09. The van der Waals surface area contributed by atoms with Crippen molar-refractivity contribution in [2.24, 2.45) is 0 Å². The summed E-state index contributed by atoms with van der Waals surface area (Å²) in [6, 6.07) is 0. The van der Waals surface area contributed by atoms with Crippen molar-refractivity contribution in [2.75, 3.05) is 63.9 Å². The van der Waals surface area contributed by atoms with Crippen LogP contribution in [0, 0.1) is 0 Å². The topological polar surface area (TPSA) is 71.0 Å². The maximum Gasteiger partial charge on any atom is 0.256 e. The Hall–Kier alpha value is -1.77. The summed E-state index contributed by atoms with van der Waals surface area (Å²) in [4.78, 5) is 28.0. The summed E-state index contributed by atoms with van der Waals surface area (Å²) in [6.45, 7) is 9.74. The summed E-state index contributed by atoms with van der Waals surface area (Å²) in [5.74, 6) is 0.237. The quantitative estimate of drug-likeness (QED) is 0.781. The lowest BCUT2D eigenvalue weighted by atomic mass is 10.0. The average molecular weight is 361 g/mol. The van der Waals surface area contributed by atoms with Gasteiger partial charge in [-0.3, -0.25) is 4.79 Å². The number of likely N-dealkylation sites (N-methyl/N-ethyl adjacent to an activating group) is 1. The first-order chi connectivity index (χ1) is 12.7. The number of rotatable bonds is 3. The number of carbonyl (C=O) groups excluding carboxylic acids is 1. The second kappa shape index (κ2) is 7.46. The maximum absolute atomic E-state index is 12.7. The van der Waals surface area contributed by atoms with E-state index < -0.39 is 5.79 Å². The van der Waals surface area contributed by atoms with Crippen LogP contribution >= 0.6 is 0 Å². The highest BCUT2D eigenvalue weighted by atomic mass is 16.7. The van der Waals surface area contributed by atoms with Gasteiger partial charge < -0.3 is 24.2 Å². The van der Waals surface area contributed by atoms with Gasteiger partial charge in [0.15, 0.2) is 5.79 Å². The van der Waals surface area contributed by atoms with E-state index in [4.69, 9.17) is 9.47 Å². The number of hydrogen-bond acceptors (Lipinski definition) is 7. The Morgan fingerprint density at radius 2 is 1.65 bits per heavy atom. The smallest absolute Gasteiger partial charge is 0.256 e. The molecule has 3 aliphatic rings. The van der Waals surface area contributed by atoms with Gasteiger partial charge in [-0.1, -0.05) is 6.92 Å². The van der Waals surface area contributed by atoms with Crippen LogP contribution in [0.15, 0.2) is 12.4 Å². The lowest BCUT2D eigenvalue weighted by Gasteiger charge is -2.37. The second-order valence-electron chi connectivity index (χ2n) is 7.09. The fourth-order valence-electron chi connectivity index (χ4n) is 3.88. The van der Waals surface area contributed by atoms with Gasteiger partial charge in [0.1, 0.15) is 0 Å². The SMILES string of the molecule is CCN1CCN(c2ncc(C(=O)N3CCC4(CC3)OCCO4)cn2)CC1. The third-order valence-electron chi connectivity index (χ3n) is 5.61. The molecule has 0 saturated carbocycles. The Morgan fingerprint density at radius 3 is 2.23 bits per heavy atom. The van der Waals surface area contributed by atoms with Gasteiger partial charge in [-0.25, -0.2) is 9.97 Å². The van der Waals surface area contributed by atoms with Crippen LogP contribution in [-0.4, -0.2) is 90.5 Å². The first-order valence-electron chi connectivity index (χ1n) is 9.56. The van der Waals surface area contributed by atoms with E-state index in [1.165, 1.54) is 0 Å². The Labute approximate surface area is 154 Å². The number of carbonyl (C=O) groups is 1. The molecular formula is C18H27N5O3. The zero-order chi connectivity index (χ0) is 18.0. The number of hydrogen-bond donors (Lipinski definition) is 0. The van der Waals surface area contributed by atoms with E-state index in [-0.39, 0.29) is 5.91 Å². The maximum atomic E-state index is 12.7. The van der Waals surface area contributed by atoms with Crippen LogP contribution in [0.2, 0.25) is 0 Å². The largest absolute Gasteiger partial charge is 0.347 e. The molecule has 3 aliphatic heterocycles. The summed E-state index contributed by atoms with van der Waals surface area (Å²) in [6.07, 6.45) is 4.76. The lowest BCUT2D eigenvalue weighted by Crippen LogP contribution is -2.47. The third kappa shape index (κ3) is 3.54. The van der Waals surface area contributed by atoms with Crippen molar-refractivity contribution in [1.82, 2.24) is 19.8 Å². The fraction of sp³-hybridized carbons (Fsp3) is 0.722. The molecule has 26 heavy (non-hydrogen) atoms. The Balaban J connectivity index is 1.34. The number of piperazine rings is 1. The third-order valence-corrected chi connectivity index (χ3v) is 5.61.